The lowest BCUT2D eigenvalue weighted by Crippen LogP contribution is -2.47. The number of halogens is 1. The molecule has 1 fully saturated rings. The van der Waals surface area contributed by atoms with Crippen molar-refractivity contribution in [2.75, 3.05) is 13.2 Å². The summed E-state index contributed by atoms with van der Waals surface area (Å²) in [6, 6.07) is 6.28. The molecule has 3 rings (SSSR count). The van der Waals surface area contributed by atoms with Gasteiger partial charge in [0.05, 0.1) is 5.41 Å². The topological polar surface area (TPSA) is 73.6 Å². The number of benzene rings is 1. The molecule has 0 bridgehead atoms. The number of ether oxygens (including phenoxy) is 2. The van der Waals surface area contributed by atoms with E-state index in [1.807, 2.05) is 32.0 Å². The van der Waals surface area contributed by atoms with Gasteiger partial charge < -0.3 is 20.5 Å². The van der Waals surface area contributed by atoms with E-state index < -0.39 is 5.41 Å². The molecule has 1 heterocycles. The third-order valence-corrected chi connectivity index (χ3v) is 4.94. The first-order chi connectivity index (χ1) is 11.0. The lowest BCUT2D eigenvalue weighted by atomic mass is 9.82. The van der Waals surface area contributed by atoms with Crippen LogP contribution in [0.5, 0.6) is 11.5 Å². The first-order valence-electron chi connectivity index (χ1n) is 8.43. The minimum Gasteiger partial charge on any atom is -0.486 e. The van der Waals surface area contributed by atoms with E-state index in [0.717, 1.165) is 42.7 Å². The molecule has 3 N–H and O–H groups in total. The fourth-order valence-electron chi connectivity index (χ4n) is 3.19. The largest absolute Gasteiger partial charge is 0.486 e. The summed E-state index contributed by atoms with van der Waals surface area (Å²) in [6.07, 6.45) is 3.89. The molecule has 0 atom stereocenters. The Morgan fingerprint density at radius 1 is 1.12 bits per heavy atom. The van der Waals surface area contributed by atoms with Crippen LogP contribution in [0.15, 0.2) is 18.2 Å². The van der Waals surface area contributed by atoms with E-state index in [2.05, 4.69) is 5.32 Å². The number of nitrogens with two attached hydrogens (primary N) is 1. The summed E-state index contributed by atoms with van der Waals surface area (Å²) in [7, 11) is 0. The molecule has 24 heavy (non-hydrogen) atoms. The lowest BCUT2D eigenvalue weighted by Gasteiger charge is -2.32. The number of carbonyl (C=O) groups is 1. The van der Waals surface area contributed by atoms with Crippen molar-refractivity contribution in [1.82, 2.24) is 5.32 Å². The molecule has 1 aliphatic carbocycles. The molecule has 1 amide bonds. The fraction of sp³-hybridized carbons (Fsp3) is 0.611. The SMILES string of the molecule is CC(C)(C(=O)NC1CCC(N)CC1)c1ccc2c(c1)OCCO2.Cl. The molecule has 0 aromatic heterocycles. The number of hydrogen-bond donors (Lipinski definition) is 2. The van der Waals surface area contributed by atoms with Gasteiger partial charge in [-0.3, -0.25) is 4.79 Å². The zero-order valence-corrected chi connectivity index (χ0v) is 15.2. The van der Waals surface area contributed by atoms with E-state index in [1.54, 1.807) is 0 Å². The van der Waals surface area contributed by atoms with Crippen LogP contribution in [0.25, 0.3) is 0 Å². The van der Waals surface area contributed by atoms with Gasteiger partial charge in [-0.05, 0) is 57.2 Å². The Bertz CT molecular complexity index is 584. The molecule has 1 aromatic rings. The quantitative estimate of drug-likeness (QED) is 0.874. The summed E-state index contributed by atoms with van der Waals surface area (Å²) in [5.74, 6) is 1.52. The lowest BCUT2D eigenvalue weighted by molar-refractivity contribution is -0.126. The summed E-state index contributed by atoms with van der Waals surface area (Å²) in [6.45, 7) is 5.01. The minimum atomic E-state index is -0.616. The van der Waals surface area contributed by atoms with Gasteiger partial charge in [0.1, 0.15) is 13.2 Å². The number of fused-ring (bicyclic) bond motifs is 1. The number of amides is 1. The highest BCUT2D eigenvalue weighted by Gasteiger charge is 2.33. The van der Waals surface area contributed by atoms with Crippen LogP contribution in [0.4, 0.5) is 0 Å². The summed E-state index contributed by atoms with van der Waals surface area (Å²) < 4.78 is 11.2. The molecule has 1 aromatic carbocycles. The van der Waals surface area contributed by atoms with E-state index >= 15 is 0 Å². The van der Waals surface area contributed by atoms with Gasteiger partial charge in [0.2, 0.25) is 5.91 Å². The highest BCUT2D eigenvalue weighted by Crippen LogP contribution is 2.35. The first kappa shape index (κ1) is 18.9. The fourth-order valence-corrected chi connectivity index (χ4v) is 3.19. The van der Waals surface area contributed by atoms with E-state index in [1.165, 1.54) is 0 Å². The first-order valence-corrected chi connectivity index (χ1v) is 8.43. The Morgan fingerprint density at radius 2 is 1.75 bits per heavy atom. The molecule has 0 unspecified atom stereocenters. The minimum absolute atomic E-state index is 0. The molecular weight excluding hydrogens is 328 g/mol. The van der Waals surface area contributed by atoms with Gasteiger partial charge >= 0.3 is 0 Å². The number of rotatable bonds is 3. The third kappa shape index (κ3) is 3.95. The molecule has 5 nitrogen and oxygen atoms in total. The van der Waals surface area contributed by atoms with Crippen molar-refractivity contribution in [3.63, 3.8) is 0 Å². The summed E-state index contributed by atoms with van der Waals surface area (Å²) in [5.41, 5.74) is 6.25. The molecule has 134 valence electrons. The van der Waals surface area contributed by atoms with Crippen molar-refractivity contribution in [3.8, 4) is 11.5 Å². The molecule has 0 spiro atoms. The van der Waals surface area contributed by atoms with Crippen molar-refractivity contribution in [3.05, 3.63) is 23.8 Å². The number of carbonyl (C=O) groups excluding carboxylic acids is 1. The van der Waals surface area contributed by atoms with Gasteiger partial charge in [-0.1, -0.05) is 6.07 Å². The predicted octanol–water partition coefficient (Wildman–Crippen LogP) is 2.54. The van der Waals surface area contributed by atoms with Gasteiger partial charge in [0, 0.05) is 12.1 Å². The van der Waals surface area contributed by atoms with Crippen LogP contribution in [0.3, 0.4) is 0 Å². The van der Waals surface area contributed by atoms with E-state index in [9.17, 15) is 4.79 Å². The van der Waals surface area contributed by atoms with Crippen molar-refractivity contribution in [2.45, 2.75) is 57.0 Å². The second-order valence-corrected chi connectivity index (χ2v) is 7.07. The van der Waals surface area contributed by atoms with Crippen molar-refractivity contribution < 1.29 is 14.3 Å². The van der Waals surface area contributed by atoms with Gasteiger partial charge in [-0.15, -0.1) is 12.4 Å². The Hall–Kier alpha value is -1.46. The summed E-state index contributed by atoms with van der Waals surface area (Å²) in [5, 5.41) is 3.19. The van der Waals surface area contributed by atoms with Crippen LogP contribution in [0.1, 0.15) is 45.1 Å². The standard InChI is InChI=1S/C18H26N2O3.ClH/c1-18(2,17(21)20-14-6-4-13(19)5-7-14)12-3-8-15-16(11-12)23-10-9-22-15;/h3,8,11,13-14H,4-7,9-10,19H2,1-2H3,(H,20,21);1H. The van der Waals surface area contributed by atoms with Crippen LogP contribution in [0.2, 0.25) is 0 Å². The van der Waals surface area contributed by atoms with Crippen LogP contribution in [0, 0.1) is 0 Å². The average Bonchev–Trinajstić information content (AvgIpc) is 2.56. The highest BCUT2D eigenvalue weighted by molar-refractivity contribution is 5.87. The van der Waals surface area contributed by atoms with Crippen LogP contribution in [-0.2, 0) is 10.2 Å². The molecule has 0 radical (unpaired) electrons. The van der Waals surface area contributed by atoms with Gasteiger partial charge in [-0.25, -0.2) is 0 Å². The maximum absolute atomic E-state index is 12.8. The van der Waals surface area contributed by atoms with Gasteiger partial charge in [0.15, 0.2) is 11.5 Å². The molecule has 0 saturated heterocycles. The molecular formula is C18H27ClN2O3. The maximum atomic E-state index is 12.8. The molecule has 1 saturated carbocycles. The van der Waals surface area contributed by atoms with Crippen LogP contribution in [-0.4, -0.2) is 31.2 Å². The molecule has 6 heteroatoms. The average molecular weight is 355 g/mol. The van der Waals surface area contributed by atoms with E-state index in [4.69, 9.17) is 15.2 Å². The second kappa shape index (κ2) is 7.62. The second-order valence-electron chi connectivity index (χ2n) is 7.07. The number of nitrogens with one attached hydrogen (secondary N) is 1. The smallest absolute Gasteiger partial charge is 0.230 e. The maximum Gasteiger partial charge on any atom is 0.230 e. The van der Waals surface area contributed by atoms with E-state index in [-0.39, 0.29) is 30.4 Å². The van der Waals surface area contributed by atoms with Gasteiger partial charge in [0.25, 0.3) is 0 Å². The zero-order chi connectivity index (χ0) is 16.4. The summed E-state index contributed by atoms with van der Waals surface area (Å²) >= 11 is 0. The van der Waals surface area contributed by atoms with E-state index in [0.29, 0.717) is 13.2 Å². The summed E-state index contributed by atoms with van der Waals surface area (Å²) in [4.78, 5) is 12.8. The van der Waals surface area contributed by atoms with Crippen molar-refractivity contribution >= 4 is 18.3 Å². The Kier molecular flexibility index (Phi) is 5.99. The van der Waals surface area contributed by atoms with Crippen LogP contribution >= 0.6 is 12.4 Å². The normalized spacial score (nSPS) is 23.1. The van der Waals surface area contributed by atoms with Crippen molar-refractivity contribution in [1.29, 1.82) is 0 Å². The Labute approximate surface area is 149 Å². The third-order valence-electron chi connectivity index (χ3n) is 4.94. The highest BCUT2D eigenvalue weighted by atomic mass is 35.5. The van der Waals surface area contributed by atoms with Crippen molar-refractivity contribution in [2.24, 2.45) is 5.73 Å². The Balaban J connectivity index is 0.00000208. The number of hydrogen-bond acceptors (Lipinski definition) is 4. The van der Waals surface area contributed by atoms with Crippen LogP contribution < -0.4 is 20.5 Å². The monoisotopic (exact) mass is 354 g/mol. The Morgan fingerprint density at radius 3 is 2.42 bits per heavy atom. The molecule has 2 aliphatic rings. The predicted molar refractivity (Wildman–Crippen MR) is 96.1 cm³/mol. The van der Waals surface area contributed by atoms with Gasteiger partial charge in [-0.2, -0.15) is 0 Å². The zero-order valence-electron chi connectivity index (χ0n) is 14.3. The molecule has 1 aliphatic heterocycles.